The van der Waals surface area contributed by atoms with Gasteiger partial charge in [-0.15, -0.1) is 0 Å². The lowest BCUT2D eigenvalue weighted by molar-refractivity contribution is -0.141. The maximum Gasteiger partial charge on any atom is 0.433 e. The summed E-state index contributed by atoms with van der Waals surface area (Å²) >= 11 is 0. The van der Waals surface area contributed by atoms with E-state index in [2.05, 4.69) is 4.98 Å². The number of hydrogen-bond acceptors (Lipinski definition) is 1. The van der Waals surface area contributed by atoms with Gasteiger partial charge in [-0.3, -0.25) is 0 Å². The number of pyridine rings is 1. The smallest absolute Gasteiger partial charge is 0.248 e. The van der Waals surface area contributed by atoms with Gasteiger partial charge >= 0.3 is 6.18 Å². The van der Waals surface area contributed by atoms with Gasteiger partial charge in [0.15, 0.2) is 0 Å². The summed E-state index contributed by atoms with van der Waals surface area (Å²) in [7, 11) is 0. The first-order valence-corrected chi connectivity index (χ1v) is 6.37. The Kier molecular flexibility index (Phi) is 4.41. The molecule has 0 bridgehead atoms. The molecule has 2 rings (SSSR count). The maximum atomic E-state index is 12.7. The molecule has 4 heteroatoms. The van der Waals surface area contributed by atoms with Crippen molar-refractivity contribution in [3.8, 4) is 0 Å². The molecule has 18 heavy (non-hydrogen) atoms. The van der Waals surface area contributed by atoms with E-state index in [1.807, 2.05) is 20.8 Å². The average molecular weight is 259 g/mol. The fourth-order valence-corrected chi connectivity index (χ4v) is 2.37. The van der Waals surface area contributed by atoms with Crippen molar-refractivity contribution in [2.45, 2.75) is 53.6 Å². The van der Waals surface area contributed by atoms with E-state index in [0.29, 0.717) is 18.0 Å². The van der Waals surface area contributed by atoms with E-state index in [9.17, 15) is 13.2 Å². The molecule has 1 heterocycles. The lowest BCUT2D eigenvalue weighted by Crippen LogP contribution is -2.14. The van der Waals surface area contributed by atoms with E-state index >= 15 is 0 Å². The standard InChI is InChI=1S/C12H14F3N.C2H6/c1-6-4-9-7(2)8(3)11(12(13,14)15)16-10(9)5-6;1-2/h6H,4-5H2,1-3H3;1-2H3. The van der Waals surface area contributed by atoms with Gasteiger partial charge in [-0.1, -0.05) is 20.8 Å². The second-order valence-corrected chi connectivity index (χ2v) is 4.65. The number of hydrogen-bond donors (Lipinski definition) is 0. The monoisotopic (exact) mass is 259 g/mol. The van der Waals surface area contributed by atoms with Crippen LogP contribution >= 0.6 is 0 Å². The summed E-state index contributed by atoms with van der Waals surface area (Å²) in [5.74, 6) is 0.407. The van der Waals surface area contributed by atoms with Gasteiger partial charge in [0.25, 0.3) is 0 Å². The molecule has 0 aliphatic heterocycles. The zero-order chi connectivity index (χ0) is 14.1. The van der Waals surface area contributed by atoms with Crippen LogP contribution in [0.1, 0.15) is 48.8 Å². The quantitative estimate of drug-likeness (QED) is 0.669. The van der Waals surface area contributed by atoms with Gasteiger partial charge in [0.1, 0.15) is 5.69 Å². The molecular formula is C14H20F3N. The minimum atomic E-state index is -4.34. The highest BCUT2D eigenvalue weighted by Crippen LogP contribution is 2.36. The molecule has 0 aromatic carbocycles. The van der Waals surface area contributed by atoms with E-state index in [1.165, 1.54) is 6.92 Å². The highest BCUT2D eigenvalue weighted by Gasteiger charge is 2.37. The van der Waals surface area contributed by atoms with Crippen molar-refractivity contribution in [2.75, 3.05) is 0 Å². The van der Waals surface area contributed by atoms with E-state index in [4.69, 9.17) is 0 Å². The van der Waals surface area contributed by atoms with E-state index in [0.717, 1.165) is 17.5 Å². The van der Waals surface area contributed by atoms with Crippen LogP contribution in [0.4, 0.5) is 13.2 Å². The SMILES string of the molecule is CC.Cc1c(C(F)(F)F)nc2c(c1C)CC(C)C2. The summed E-state index contributed by atoms with van der Waals surface area (Å²) in [6.45, 7) is 9.32. The fraction of sp³-hybridized carbons (Fsp3) is 0.643. The molecule has 0 fully saturated rings. The van der Waals surface area contributed by atoms with Crippen molar-refractivity contribution in [2.24, 2.45) is 5.92 Å². The van der Waals surface area contributed by atoms with Gasteiger partial charge in [-0.05, 0) is 49.3 Å². The molecule has 0 spiro atoms. The Hall–Kier alpha value is -1.06. The molecule has 1 aliphatic carbocycles. The molecule has 1 aliphatic rings. The van der Waals surface area contributed by atoms with Crippen LogP contribution in [0.3, 0.4) is 0 Å². The highest BCUT2D eigenvalue weighted by atomic mass is 19.4. The second kappa shape index (κ2) is 5.29. The van der Waals surface area contributed by atoms with Crippen LogP contribution in [0.15, 0.2) is 0 Å². The molecule has 0 saturated carbocycles. The van der Waals surface area contributed by atoms with Crippen LogP contribution in [-0.4, -0.2) is 4.98 Å². The van der Waals surface area contributed by atoms with Crippen molar-refractivity contribution in [1.29, 1.82) is 0 Å². The molecular weight excluding hydrogens is 239 g/mol. The fourth-order valence-electron chi connectivity index (χ4n) is 2.37. The Morgan fingerprint density at radius 3 is 2.11 bits per heavy atom. The predicted octanol–water partition coefficient (Wildman–Crippen LogP) is 4.48. The summed E-state index contributed by atoms with van der Waals surface area (Å²) in [4.78, 5) is 3.81. The third-order valence-corrected chi connectivity index (χ3v) is 3.33. The first kappa shape index (κ1) is 15.0. The molecule has 0 radical (unpaired) electrons. The van der Waals surface area contributed by atoms with Crippen LogP contribution < -0.4 is 0 Å². The summed E-state index contributed by atoms with van der Waals surface area (Å²) in [6.07, 6.45) is -2.82. The molecule has 1 nitrogen and oxygen atoms in total. The van der Waals surface area contributed by atoms with Crippen molar-refractivity contribution >= 4 is 0 Å². The molecule has 102 valence electrons. The Balaban J connectivity index is 0.000000771. The second-order valence-electron chi connectivity index (χ2n) is 4.65. The summed E-state index contributed by atoms with van der Waals surface area (Å²) < 4.78 is 38.2. The van der Waals surface area contributed by atoms with Gasteiger partial charge in [0.2, 0.25) is 0 Å². The first-order chi connectivity index (χ1) is 8.30. The number of alkyl halides is 3. The van der Waals surface area contributed by atoms with Crippen molar-refractivity contribution in [1.82, 2.24) is 4.98 Å². The average Bonchev–Trinajstić information content (AvgIpc) is 2.66. The molecule has 1 aromatic rings. The van der Waals surface area contributed by atoms with Crippen LogP contribution in [0.25, 0.3) is 0 Å². The summed E-state index contributed by atoms with van der Waals surface area (Å²) in [5.41, 5.74) is 2.00. The Bertz CT molecular complexity index is 436. The summed E-state index contributed by atoms with van der Waals surface area (Å²) in [5, 5.41) is 0. The van der Waals surface area contributed by atoms with Gasteiger partial charge in [-0.25, -0.2) is 4.98 Å². The molecule has 0 saturated heterocycles. The Labute approximate surface area is 106 Å². The summed E-state index contributed by atoms with van der Waals surface area (Å²) in [6, 6.07) is 0. The molecule has 0 amide bonds. The number of halogens is 3. The molecule has 1 atom stereocenters. The normalized spacial score (nSPS) is 18.1. The minimum absolute atomic E-state index is 0.278. The van der Waals surface area contributed by atoms with Crippen molar-refractivity contribution in [3.63, 3.8) is 0 Å². The Morgan fingerprint density at radius 2 is 1.61 bits per heavy atom. The maximum absolute atomic E-state index is 12.7. The number of nitrogens with zero attached hydrogens (tertiary/aromatic N) is 1. The van der Waals surface area contributed by atoms with Crippen molar-refractivity contribution < 1.29 is 13.2 Å². The topological polar surface area (TPSA) is 12.9 Å². The molecule has 1 aromatic heterocycles. The van der Waals surface area contributed by atoms with Crippen LogP contribution in [0.5, 0.6) is 0 Å². The number of aromatic nitrogens is 1. The minimum Gasteiger partial charge on any atom is -0.248 e. The molecule has 0 N–H and O–H groups in total. The van der Waals surface area contributed by atoms with Gasteiger partial charge in [-0.2, -0.15) is 13.2 Å². The van der Waals surface area contributed by atoms with E-state index in [1.54, 1.807) is 6.92 Å². The van der Waals surface area contributed by atoms with Crippen molar-refractivity contribution in [3.05, 3.63) is 28.1 Å². The first-order valence-electron chi connectivity index (χ1n) is 6.37. The van der Waals surface area contributed by atoms with Crippen LogP contribution in [0, 0.1) is 19.8 Å². The zero-order valence-corrected chi connectivity index (χ0v) is 11.6. The predicted molar refractivity (Wildman–Crippen MR) is 66.6 cm³/mol. The van der Waals surface area contributed by atoms with Crippen LogP contribution in [-0.2, 0) is 19.0 Å². The van der Waals surface area contributed by atoms with Gasteiger partial charge < -0.3 is 0 Å². The number of rotatable bonds is 0. The zero-order valence-electron chi connectivity index (χ0n) is 11.6. The van der Waals surface area contributed by atoms with E-state index < -0.39 is 11.9 Å². The highest BCUT2D eigenvalue weighted by molar-refractivity contribution is 5.42. The molecule has 1 unspecified atom stereocenters. The number of fused-ring (bicyclic) bond motifs is 1. The third kappa shape index (κ3) is 2.68. The Morgan fingerprint density at radius 1 is 1.06 bits per heavy atom. The lowest BCUT2D eigenvalue weighted by Gasteiger charge is -2.14. The third-order valence-electron chi connectivity index (χ3n) is 3.33. The van der Waals surface area contributed by atoms with Gasteiger partial charge in [0.05, 0.1) is 0 Å². The van der Waals surface area contributed by atoms with Crippen LogP contribution in [0.2, 0.25) is 0 Å². The lowest BCUT2D eigenvalue weighted by atomic mass is 10.0. The van der Waals surface area contributed by atoms with Gasteiger partial charge in [0, 0.05) is 5.69 Å². The largest absolute Gasteiger partial charge is 0.433 e. The van der Waals surface area contributed by atoms with E-state index in [-0.39, 0.29) is 5.56 Å².